The van der Waals surface area contributed by atoms with Crippen LogP contribution < -0.4 is 16.0 Å². The summed E-state index contributed by atoms with van der Waals surface area (Å²) in [5.74, 6) is 0. The van der Waals surface area contributed by atoms with E-state index in [1.165, 1.54) is 6.07 Å². The molecule has 0 spiro atoms. The largest absolute Gasteiger partial charge is 0.403 e. The van der Waals surface area contributed by atoms with Crippen LogP contribution in [-0.2, 0) is 6.42 Å². The zero-order valence-corrected chi connectivity index (χ0v) is 13.3. The molecule has 0 saturated heterocycles. The van der Waals surface area contributed by atoms with Gasteiger partial charge in [0, 0.05) is 18.7 Å². The van der Waals surface area contributed by atoms with E-state index in [1.807, 2.05) is 19.9 Å². The molecule has 2 aromatic rings. The van der Waals surface area contributed by atoms with E-state index in [9.17, 15) is 9.59 Å². The lowest BCUT2D eigenvalue weighted by Gasteiger charge is -2.05. The summed E-state index contributed by atoms with van der Waals surface area (Å²) in [6.45, 7) is 3.76. The van der Waals surface area contributed by atoms with E-state index in [-0.39, 0.29) is 17.1 Å². The third kappa shape index (κ3) is 3.03. The summed E-state index contributed by atoms with van der Waals surface area (Å²) < 4.78 is 5.01. The minimum absolute atomic E-state index is 0.0637. The molecule has 0 fully saturated rings. The summed E-state index contributed by atoms with van der Waals surface area (Å²) in [7, 11) is 0. The Hall–Kier alpha value is -3.03. The molecule has 0 amide bonds. The van der Waals surface area contributed by atoms with Gasteiger partial charge in [0.05, 0.1) is 5.71 Å². The van der Waals surface area contributed by atoms with Crippen molar-refractivity contribution in [1.29, 1.82) is 0 Å². The van der Waals surface area contributed by atoms with Crippen molar-refractivity contribution in [2.75, 3.05) is 0 Å². The van der Waals surface area contributed by atoms with Crippen LogP contribution in [0.5, 0.6) is 6.01 Å². The van der Waals surface area contributed by atoms with Crippen LogP contribution in [0.3, 0.4) is 0 Å². The third-order valence-electron chi connectivity index (χ3n) is 3.61. The van der Waals surface area contributed by atoms with E-state index in [1.54, 1.807) is 6.20 Å². The number of fused-ring (bicyclic) bond motifs is 1. The van der Waals surface area contributed by atoms with Crippen LogP contribution in [0.15, 0.2) is 42.5 Å². The maximum Gasteiger partial charge on any atom is 0.337 e. The maximum absolute atomic E-state index is 12.2. The number of nitrogens with zero attached hydrogens (tertiary/aromatic N) is 3. The average Bonchev–Trinajstić information content (AvgIpc) is 3.08. The fraction of sp³-hybridized carbons (Fsp3) is 0.312. The first-order valence-corrected chi connectivity index (χ1v) is 7.65. The molecule has 8 heteroatoms. The molecule has 0 bridgehead atoms. The summed E-state index contributed by atoms with van der Waals surface area (Å²) in [6, 6.07) is 1.15. The molecule has 0 unspecified atom stereocenters. The van der Waals surface area contributed by atoms with Gasteiger partial charge >= 0.3 is 11.6 Å². The minimum Gasteiger partial charge on any atom is -0.403 e. The Labute approximate surface area is 136 Å². The molecule has 3 heterocycles. The van der Waals surface area contributed by atoms with Crippen LogP contribution in [0.4, 0.5) is 0 Å². The SMILES string of the molecule is CCC(=NOc1nc2oc(=O)cc(CC)c2c(=O)[nH]1)C1=NC=CC1. The first-order chi connectivity index (χ1) is 11.6. The Kier molecular flexibility index (Phi) is 4.37. The predicted molar refractivity (Wildman–Crippen MR) is 89.8 cm³/mol. The fourth-order valence-electron chi connectivity index (χ4n) is 2.42. The highest BCUT2D eigenvalue weighted by atomic mass is 16.6. The number of aromatic amines is 1. The van der Waals surface area contributed by atoms with Gasteiger partial charge in [-0.2, -0.15) is 4.98 Å². The van der Waals surface area contributed by atoms with Crippen molar-refractivity contribution in [3.8, 4) is 6.01 Å². The number of aromatic nitrogens is 2. The van der Waals surface area contributed by atoms with E-state index in [0.717, 1.165) is 5.71 Å². The molecule has 1 N–H and O–H groups in total. The van der Waals surface area contributed by atoms with Gasteiger partial charge in [-0.15, -0.1) is 0 Å². The smallest absolute Gasteiger partial charge is 0.337 e. The first kappa shape index (κ1) is 15.9. The van der Waals surface area contributed by atoms with Crippen molar-refractivity contribution in [3.63, 3.8) is 0 Å². The van der Waals surface area contributed by atoms with Gasteiger partial charge in [-0.05, 0) is 18.4 Å². The molecular weight excluding hydrogens is 312 g/mol. The Morgan fingerprint density at radius 1 is 1.42 bits per heavy atom. The molecular formula is C16H16N4O4. The number of hydrogen-bond donors (Lipinski definition) is 1. The molecule has 0 radical (unpaired) electrons. The van der Waals surface area contributed by atoms with Crippen molar-refractivity contribution >= 4 is 22.5 Å². The van der Waals surface area contributed by atoms with Gasteiger partial charge in [0.25, 0.3) is 5.56 Å². The van der Waals surface area contributed by atoms with Crippen LogP contribution >= 0.6 is 0 Å². The highest BCUT2D eigenvalue weighted by Gasteiger charge is 2.14. The molecule has 1 aliphatic heterocycles. The molecule has 0 atom stereocenters. The normalized spacial score (nSPS) is 14.2. The second-order valence-electron chi connectivity index (χ2n) is 5.14. The summed E-state index contributed by atoms with van der Waals surface area (Å²) in [4.78, 5) is 39.8. The third-order valence-corrected chi connectivity index (χ3v) is 3.61. The summed E-state index contributed by atoms with van der Waals surface area (Å²) in [5.41, 5.74) is 0.972. The number of H-pyrrole nitrogens is 1. The molecule has 0 aromatic carbocycles. The Morgan fingerprint density at radius 2 is 2.25 bits per heavy atom. The van der Waals surface area contributed by atoms with Crippen molar-refractivity contribution in [2.45, 2.75) is 33.1 Å². The van der Waals surface area contributed by atoms with E-state index in [2.05, 4.69) is 20.1 Å². The second-order valence-corrected chi connectivity index (χ2v) is 5.14. The van der Waals surface area contributed by atoms with Crippen molar-refractivity contribution in [2.24, 2.45) is 10.1 Å². The fourth-order valence-corrected chi connectivity index (χ4v) is 2.42. The van der Waals surface area contributed by atoms with E-state index in [4.69, 9.17) is 9.25 Å². The molecule has 2 aromatic heterocycles. The van der Waals surface area contributed by atoms with E-state index < -0.39 is 11.2 Å². The van der Waals surface area contributed by atoms with E-state index >= 15 is 0 Å². The lowest BCUT2D eigenvalue weighted by atomic mass is 10.1. The van der Waals surface area contributed by atoms with Crippen LogP contribution in [0.2, 0.25) is 0 Å². The average molecular weight is 328 g/mol. The van der Waals surface area contributed by atoms with Gasteiger partial charge in [-0.3, -0.25) is 14.8 Å². The summed E-state index contributed by atoms with van der Waals surface area (Å²) in [6.07, 6.45) is 5.44. The number of aryl methyl sites for hydroxylation is 1. The highest BCUT2D eigenvalue weighted by molar-refractivity contribution is 6.43. The number of hydrogen-bond acceptors (Lipinski definition) is 7. The van der Waals surface area contributed by atoms with Crippen molar-refractivity contribution < 1.29 is 9.25 Å². The maximum atomic E-state index is 12.2. The minimum atomic E-state index is -0.562. The topological polar surface area (TPSA) is 110 Å². The number of oxime groups is 1. The van der Waals surface area contributed by atoms with Crippen LogP contribution in [0.1, 0.15) is 32.3 Å². The van der Waals surface area contributed by atoms with Gasteiger partial charge in [0.1, 0.15) is 11.1 Å². The summed E-state index contributed by atoms with van der Waals surface area (Å²) in [5, 5.41) is 4.24. The predicted octanol–water partition coefficient (Wildman–Crippen LogP) is 1.94. The van der Waals surface area contributed by atoms with Gasteiger partial charge in [-0.1, -0.05) is 25.1 Å². The van der Waals surface area contributed by atoms with E-state index in [0.29, 0.717) is 30.5 Å². The number of rotatable bonds is 5. The number of aliphatic imine (C=N–C) groups is 1. The molecule has 8 nitrogen and oxygen atoms in total. The van der Waals surface area contributed by atoms with Crippen LogP contribution in [-0.4, -0.2) is 21.4 Å². The molecule has 24 heavy (non-hydrogen) atoms. The lowest BCUT2D eigenvalue weighted by Crippen LogP contribution is -2.16. The van der Waals surface area contributed by atoms with Gasteiger partial charge < -0.3 is 9.25 Å². The quantitative estimate of drug-likeness (QED) is 0.666. The van der Waals surface area contributed by atoms with Gasteiger partial charge in [0.2, 0.25) is 5.71 Å². The Balaban J connectivity index is 1.99. The molecule has 1 aliphatic rings. The lowest BCUT2D eigenvalue weighted by molar-refractivity contribution is 0.311. The molecule has 124 valence electrons. The number of allylic oxidation sites excluding steroid dienone is 1. The Morgan fingerprint density at radius 3 is 2.92 bits per heavy atom. The van der Waals surface area contributed by atoms with Gasteiger partial charge in [-0.25, -0.2) is 4.79 Å². The zero-order valence-electron chi connectivity index (χ0n) is 13.3. The van der Waals surface area contributed by atoms with Crippen LogP contribution in [0.25, 0.3) is 11.1 Å². The monoisotopic (exact) mass is 328 g/mol. The molecule has 0 aliphatic carbocycles. The van der Waals surface area contributed by atoms with Crippen molar-refractivity contribution in [1.82, 2.24) is 9.97 Å². The van der Waals surface area contributed by atoms with Crippen molar-refractivity contribution in [3.05, 3.63) is 44.7 Å². The first-order valence-electron chi connectivity index (χ1n) is 7.65. The Bertz CT molecular complexity index is 982. The number of nitrogens with one attached hydrogen (secondary N) is 1. The molecule has 3 rings (SSSR count). The second kappa shape index (κ2) is 6.61. The zero-order chi connectivity index (χ0) is 17.1. The summed E-state index contributed by atoms with van der Waals surface area (Å²) >= 11 is 0. The highest BCUT2D eigenvalue weighted by Crippen LogP contribution is 2.14. The van der Waals surface area contributed by atoms with Crippen LogP contribution in [0, 0.1) is 0 Å². The molecule has 0 saturated carbocycles. The standard InChI is InChI=1S/C16H16N4O4/c1-3-9-8-12(21)23-15-13(9)14(22)18-16(19-15)24-20-10(4-2)11-6-5-7-17-11/h5,7-8H,3-4,6H2,1-2H3,(H,18,19,22). The van der Waals surface area contributed by atoms with Gasteiger partial charge in [0.15, 0.2) is 0 Å².